The third-order valence-electron chi connectivity index (χ3n) is 3.59. The van der Waals surface area contributed by atoms with Crippen molar-refractivity contribution < 1.29 is 14.3 Å². The van der Waals surface area contributed by atoms with E-state index in [1.165, 1.54) is 0 Å². The van der Waals surface area contributed by atoms with Gasteiger partial charge in [0.05, 0.1) is 12.7 Å². The van der Waals surface area contributed by atoms with Crippen LogP contribution in [0, 0.1) is 0 Å². The van der Waals surface area contributed by atoms with Crippen LogP contribution in [0.4, 0.5) is 0 Å². The summed E-state index contributed by atoms with van der Waals surface area (Å²) in [6.45, 7) is 0.315. The Balaban J connectivity index is 1.74. The van der Waals surface area contributed by atoms with Gasteiger partial charge >= 0.3 is 0 Å². The Bertz CT molecular complexity index is 850. The minimum Gasteiger partial charge on any atom is -0.481 e. The molecule has 3 rings (SSSR count). The molecule has 0 unspecified atom stereocenters. The number of amides is 1. The van der Waals surface area contributed by atoms with Crippen molar-refractivity contribution in [2.75, 3.05) is 7.11 Å². The van der Waals surface area contributed by atoms with E-state index in [0.717, 1.165) is 5.56 Å². The standard InChI is InChI=1S/C20H18N2O3/c1-24-20-15(8-7-13-21-20)14-22-19(23)17-11-5-6-12-18(17)25-16-9-3-2-4-10-16/h2-13H,14H2,1H3,(H,22,23). The zero-order valence-corrected chi connectivity index (χ0v) is 13.8. The molecule has 2 aromatic carbocycles. The average molecular weight is 334 g/mol. The number of rotatable bonds is 6. The van der Waals surface area contributed by atoms with Crippen LogP contribution in [0.3, 0.4) is 0 Å². The SMILES string of the molecule is COc1ncccc1CNC(=O)c1ccccc1Oc1ccccc1. The van der Waals surface area contributed by atoms with E-state index in [0.29, 0.717) is 29.5 Å². The largest absolute Gasteiger partial charge is 0.481 e. The molecule has 0 saturated heterocycles. The lowest BCUT2D eigenvalue weighted by atomic mass is 10.1. The second kappa shape index (κ2) is 7.97. The van der Waals surface area contributed by atoms with E-state index in [-0.39, 0.29) is 5.91 Å². The maximum absolute atomic E-state index is 12.6. The van der Waals surface area contributed by atoms with Gasteiger partial charge in [0.15, 0.2) is 0 Å². The summed E-state index contributed by atoms with van der Waals surface area (Å²) in [7, 11) is 1.55. The number of methoxy groups -OCH3 is 1. The van der Waals surface area contributed by atoms with E-state index in [2.05, 4.69) is 10.3 Å². The molecule has 0 radical (unpaired) electrons. The molecule has 1 amide bonds. The van der Waals surface area contributed by atoms with Gasteiger partial charge in [-0.25, -0.2) is 4.98 Å². The first-order valence-electron chi connectivity index (χ1n) is 7.86. The number of ether oxygens (including phenoxy) is 2. The number of nitrogens with zero attached hydrogens (tertiary/aromatic N) is 1. The molecule has 25 heavy (non-hydrogen) atoms. The van der Waals surface area contributed by atoms with Gasteiger partial charge in [0.25, 0.3) is 5.91 Å². The molecule has 3 aromatic rings. The highest BCUT2D eigenvalue weighted by Crippen LogP contribution is 2.25. The third kappa shape index (κ3) is 4.14. The van der Waals surface area contributed by atoms with Gasteiger partial charge in [0, 0.05) is 18.3 Å². The summed E-state index contributed by atoms with van der Waals surface area (Å²) < 4.78 is 11.0. The summed E-state index contributed by atoms with van der Waals surface area (Å²) in [5.74, 6) is 1.45. The van der Waals surface area contributed by atoms with E-state index in [1.54, 1.807) is 37.6 Å². The van der Waals surface area contributed by atoms with Crippen LogP contribution in [0.5, 0.6) is 17.4 Å². The number of para-hydroxylation sites is 2. The summed E-state index contributed by atoms with van der Waals surface area (Å²) in [5.41, 5.74) is 1.27. The van der Waals surface area contributed by atoms with Gasteiger partial charge < -0.3 is 14.8 Å². The van der Waals surface area contributed by atoms with Crippen molar-refractivity contribution in [3.8, 4) is 17.4 Å². The van der Waals surface area contributed by atoms with Crippen molar-refractivity contribution in [1.82, 2.24) is 10.3 Å². The first-order chi connectivity index (χ1) is 12.3. The Kier molecular flexibility index (Phi) is 5.26. The van der Waals surface area contributed by atoms with E-state index in [9.17, 15) is 4.79 Å². The topological polar surface area (TPSA) is 60.5 Å². The average Bonchev–Trinajstić information content (AvgIpc) is 2.67. The van der Waals surface area contributed by atoms with Crippen LogP contribution in [-0.2, 0) is 6.54 Å². The zero-order chi connectivity index (χ0) is 17.5. The molecule has 0 aliphatic rings. The molecule has 1 heterocycles. The van der Waals surface area contributed by atoms with Crippen LogP contribution in [0.2, 0.25) is 0 Å². The normalized spacial score (nSPS) is 10.1. The molecule has 1 N–H and O–H groups in total. The van der Waals surface area contributed by atoms with E-state index in [1.807, 2.05) is 42.5 Å². The highest BCUT2D eigenvalue weighted by atomic mass is 16.5. The molecule has 0 saturated carbocycles. The van der Waals surface area contributed by atoms with Crippen LogP contribution >= 0.6 is 0 Å². The summed E-state index contributed by atoms with van der Waals surface area (Å²) in [6, 6.07) is 20.2. The van der Waals surface area contributed by atoms with Crippen molar-refractivity contribution in [3.05, 3.63) is 84.1 Å². The smallest absolute Gasteiger partial charge is 0.255 e. The van der Waals surface area contributed by atoms with Crippen molar-refractivity contribution in [2.24, 2.45) is 0 Å². The van der Waals surface area contributed by atoms with Gasteiger partial charge in [-0.05, 0) is 30.3 Å². The predicted molar refractivity (Wildman–Crippen MR) is 94.9 cm³/mol. The molecule has 0 bridgehead atoms. The minimum absolute atomic E-state index is 0.225. The van der Waals surface area contributed by atoms with Gasteiger partial charge in [-0.2, -0.15) is 0 Å². The summed E-state index contributed by atoms with van der Waals surface area (Å²) >= 11 is 0. The minimum atomic E-state index is -0.225. The highest BCUT2D eigenvalue weighted by Gasteiger charge is 2.13. The highest BCUT2D eigenvalue weighted by molar-refractivity contribution is 5.97. The molecular formula is C20H18N2O3. The number of aromatic nitrogens is 1. The lowest BCUT2D eigenvalue weighted by molar-refractivity contribution is 0.0948. The predicted octanol–water partition coefficient (Wildman–Crippen LogP) is 3.81. The van der Waals surface area contributed by atoms with Crippen LogP contribution in [0.15, 0.2) is 72.9 Å². The number of hydrogen-bond acceptors (Lipinski definition) is 4. The molecule has 126 valence electrons. The molecule has 5 heteroatoms. The summed E-state index contributed by atoms with van der Waals surface area (Å²) in [5, 5.41) is 2.88. The quantitative estimate of drug-likeness (QED) is 0.744. The van der Waals surface area contributed by atoms with Crippen molar-refractivity contribution >= 4 is 5.91 Å². The van der Waals surface area contributed by atoms with Crippen LogP contribution in [-0.4, -0.2) is 18.0 Å². The fourth-order valence-electron chi connectivity index (χ4n) is 2.37. The van der Waals surface area contributed by atoms with Gasteiger partial charge in [-0.3, -0.25) is 4.79 Å². The monoisotopic (exact) mass is 334 g/mol. The van der Waals surface area contributed by atoms with Gasteiger partial charge in [0.2, 0.25) is 5.88 Å². The van der Waals surface area contributed by atoms with Crippen LogP contribution in [0.25, 0.3) is 0 Å². The summed E-state index contributed by atoms with van der Waals surface area (Å²) in [6.07, 6.45) is 1.65. The Morgan fingerprint density at radius 3 is 2.56 bits per heavy atom. The molecule has 0 spiro atoms. The lowest BCUT2D eigenvalue weighted by Gasteiger charge is -2.12. The van der Waals surface area contributed by atoms with Gasteiger partial charge in [-0.1, -0.05) is 36.4 Å². The third-order valence-corrected chi connectivity index (χ3v) is 3.59. The van der Waals surface area contributed by atoms with E-state index < -0.39 is 0 Å². The first kappa shape index (κ1) is 16.5. The van der Waals surface area contributed by atoms with Gasteiger partial charge in [0.1, 0.15) is 11.5 Å². The number of benzene rings is 2. The maximum Gasteiger partial charge on any atom is 0.255 e. The second-order valence-corrected chi connectivity index (χ2v) is 5.27. The molecular weight excluding hydrogens is 316 g/mol. The molecule has 0 aliphatic carbocycles. The molecule has 0 aliphatic heterocycles. The molecule has 5 nitrogen and oxygen atoms in total. The number of pyridine rings is 1. The van der Waals surface area contributed by atoms with Crippen molar-refractivity contribution in [2.45, 2.75) is 6.54 Å². The Hall–Kier alpha value is -3.34. The number of hydrogen-bond donors (Lipinski definition) is 1. The first-order valence-corrected chi connectivity index (χ1v) is 7.86. The number of carbonyl (C=O) groups is 1. The van der Waals surface area contributed by atoms with E-state index >= 15 is 0 Å². The van der Waals surface area contributed by atoms with Gasteiger partial charge in [-0.15, -0.1) is 0 Å². The zero-order valence-electron chi connectivity index (χ0n) is 13.8. The van der Waals surface area contributed by atoms with Crippen molar-refractivity contribution in [1.29, 1.82) is 0 Å². The lowest BCUT2D eigenvalue weighted by Crippen LogP contribution is -2.23. The Labute approximate surface area is 146 Å². The number of carbonyl (C=O) groups excluding carboxylic acids is 1. The molecule has 1 aromatic heterocycles. The fourth-order valence-corrected chi connectivity index (χ4v) is 2.37. The van der Waals surface area contributed by atoms with Crippen LogP contribution < -0.4 is 14.8 Å². The molecule has 0 fully saturated rings. The van der Waals surface area contributed by atoms with Crippen molar-refractivity contribution in [3.63, 3.8) is 0 Å². The molecule has 0 atom stereocenters. The van der Waals surface area contributed by atoms with E-state index in [4.69, 9.17) is 9.47 Å². The Morgan fingerprint density at radius 2 is 1.76 bits per heavy atom. The summed E-state index contributed by atoms with van der Waals surface area (Å²) in [4.78, 5) is 16.7. The fraction of sp³-hybridized carbons (Fsp3) is 0.100. The second-order valence-electron chi connectivity index (χ2n) is 5.27. The Morgan fingerprint density at radius 1 is 1.00 bits per heavy atom. The maximum atomic E-state index is 12.6. The van der Waals surface area contributed by atoms with Crippen LogP contribution in [0.1, 0.15) is 15.9 Å². The number of nitrogens with one attached hydrogen (secondary N) is 1.